The number of primary amides is 1. The van der Waals surface area contributed by atoms with Crippen LogP contribution < -0.4 is 70.0 Å². The highest BCUT2D eigenvalue weighted by Crippen LogP contribution is 2.25. The molecule has 3 aliphatic heterocycles. The average Bonchev–Trinajstić information content (AvgIpc) is 1.64. The van der Waals surface area contributed by atoms with E-state index in [9.17, 15) is 113 Å². The van der Waals surface area contributed by atoms with Gasteiger partial charge in [-0.05, 0) is 90.3 Å². The van der Waals surface area contributed by atoms with Crippen LogP contribution in [0.3, 0.4) is 0 Å². The Hall–Kier alpha value is -9.25. The van der Waals surface area contributed by atoms with E-state index in [-0.39, 0.29) is 44.4 Å². The van der Waals surface area contributed by atoms with Crippen LogP contribution in [0.2, 0.25) is 0 Å². The monoisotopic (exact) mass is 1590 g/mol. The molecule has 0 spiro atoms. The maximum absolute atomic E-state index is 14.8. The van der Waals surface area contributed by atoms with Crippen molar-refractivity contribution in [2.24, 2.45) is 17.4 Å². The van der Waals surface area contributed by atoms with Crippen molar-refractivity contribution in [1.82, 2.24) is 68.3 Å². The Morgan fingerprint density at radius 2 is 1.07 bits per heavy atom. The number of aliphatic hydroxyl groups is 7. The van der Waals surface area contributed by atoms with E-state index in [4.69, 9.17) is 16.2 Å². The standard InChI is InChI=1S/C73H119N15O24/c1-9-10-11-12-13-14-15-16-17-18-19-21-46-32-53(98)81-57(39(5)89)67(105)78-38(4)63(101)80-48(30-43-23-25-44(93)26-24-43)64(102)83-56(37(2)3)71(109)88-36-45(94)31-49(88)65(103)84-59(41(7)91)69(107)85-60(42(8)92)72(110)87-29-27-50(95)62(87)70(108)86-61(51(96)33-52(75)97)66(104)77-35-55(100)82-58(40(6)90)68(106)79-47(73(111)112-46)22-20-28-76-54(99)34-74/h23-26,37-42,45-51,56-62,89-96H,9-22,27-36,74H2,1-8H3,(H2,75,97)(H,76,99)(H,77,104)(H,78,105)(H,79,106)(H,80,101)(H,81,98)(H,82,100)(H,83,102)(H,84,103)(H,85,107)(H,86,108)/t38-,39-,40-,41-,42-,45-,46-,47+,48+,49+,50+,51-,56+,57-,58-,59-,60+,61+,62+/m1/s1. The fourth-order valence-corrected chi connectivity index (χ4v) is 13.1. The topological polar surface area (TPSA) is 618 Å². The number of carbonyl (C=O) groups excluding carboxylic acids is 15. The molecular weight excluding hydrogens is 1470 g/mol. The number of hydrogen-bond donors (Lipinski definition) is 21. The highest BCUT2D eigenvalue weighted by molar-refractivity contribution is 6.00. The number of aliphatic hydroxyl groups excluding tert-OH is 7. The molecule has 630 valence electrons. The fraction of sp³-hybridized carbons (Fsp3) is 0.712. The average molecular weight is 1590 g/mol. The summed E-state index contributed by atoms with van der Waals surface area (Å²) in [5, 5.41) is 114. The predicted octanol–water partition coefficient (Wildman–Crippen LogP) is -6.36. The molecular formula is C73H119N15O24. The lowest BCUT2D eigenvalue weighted by molar-refractivity contribution is -0.155. The molecule has 1 aromatic rings. The maximum atomic E-state index is 14.8. The van der Waals surface area contributed by atoms with Crippen LogP contribution in [0.1, 0.15) is 177 Å². The predicted molar refractivity (Wildman–Crippen MR) is 398 cm³/mol. The van der Waals surface area contributed by atoms with Gasteiger partial charge in [-0.1, -0.05) is 97.1 Å². The van der Waals surface area contributed by atoms with Gasteiger partial charge in [-0.3, -0.25) is 67.1 Å². The third kappa shape index (κ3) is 30.7. The summed E-state index contributed by atoms with van der Waals surface area (Å²) in [5.41, 5.74) is 11.2. The molecule has 3 saturated heterocycles. The van der Waals surface area contributed by atoms with E-state index < -0.39 is 255 Å². The lowest BCUT2D eigenvalue weighted by atomic mass is 9.99. The fourth-order valence-electron chi connectivity index (χ4n) is 13.1. The quantitative estimate of drug-likeness (QED) is 0.0288. The number of hydrogen-bond acceptors (Lipinski definition) is 25. The minimum absolute atomic E-state index is 0.0233. The molecule has 0 bridgehead atoms. The second kappa shape index (κ2) is 47.3. The normalized spacial score (nSPS) is 27.5. The second-order valence-electron chi connectivity index (χ2n) is 29.4. The van der Waals surface area contributed by atoms with E-state index >= 15 is 0 Å². The summed E-state index contributed by atoms with van der Waals surface area (Å²) in [4.78, 5) is 212. The molecule has 0 unspecified atom stereocenters. The molecule has 0 aliphatic carbocycles. The number of phenols is 1. The molecule has 19 atom stereocenters. The largest absolute Gasteiger partial charge is 0.508 e. The Bertz CT molecular complexity index is 3350. The molecule has 112 heavy (non-hydrogen) atoms. The number of esters is 1. The Morgan fingerprint density at radius 3 is 1.63 bits per heavy atom. The van der Waals surface area contributed by atoms with Crippen molar-refractivity contribution in [3.05, 3.63) is 29.8 Å². The van der Waals surface area contributed by atoms with Gasteiger partial charge in [-0.2, -0.15) is 0 Å². The number of nitrogens with two attached hydrogens (primary N) is 2. The Morgan fingerprint density at radius 1 is 0.562 bits per heavy atom. The number of ether oxygens (including phenoxy) is 1. The highest BCUT2D eigenvalue weighted by Gasteiger charge is 2.48. The minimum Gasteiger partial charge on any atom is -0.508 e. The molecule has 4 rings (SSSR count). The third-order valence-corrected chi connectivity index (χ3v) is 19.4. The number of cyclic esters (lactones) is 1. The number of fused-ring (bicyclic) bond motifs is 2. The van der Waals surface area contributed by atoms with Gasteiger partial charge in [-0.25, -0.2) is 4.79 Å². The van der Waals surface area contributed by atoms with Crippen molar-refractivity contribution in [3.8, 4) is 5.75 Å². The summed E-state index contributed by atoms with van der Waals surface area (Å²) in [7, 11) is 0. The van der Waals surface area contributed by atoms with Gasteiger partial charge in [0, 0.05) is 32.5 Å². The van der Waals surface area contributed by atoms with E-state index in [1.807, 2.05) is 0 Å². The second-order valence-corrected chi connectivity index (χ2v) is 29.4. The SMILES string of the molecule is CCCCCCCCCCCCC[C@@H]1CC(=O)N[C@H]([C@@H](C)O)C(=O)N[C@H](C)C(=O)N[C@@H](Cc2ccc(O)cc2)C(=O)N[C@@H](C(C)C)C(=O)N2C[C@H](O)C[C@H]2C(=O)N[C@H]([C@@H](C)O)C(=O)N[C@@H]([C@@H](C)O)C(=O)N2CC[C@H](O)[C@H]2C(=O)N[C@@H]([C@H](O)CC(N)=O)C(=O)NCC(=O)N[C@H]([C@@H](C)O)C(=O)N[C@@H](CCCNC(=O)CN)C(=O)O1. The van der Waals surface area contributed by atoms with Crippen molar-refractivity contribution >= 4 is 88.7 Å². The Balaban J connectivity index is 1.83. The van der Waals surface area contributed by atoms with E-state index in [1.54, 1.807) is 0 Å². The zero-order valence-electron chi connectivity index (χ0n) is 65.0. The number of benzene rings is 1. The van der Waals surface area contributed by atoms with Gasteiger partial charge in [0.2, 0.25) is 82.7 Å². The van der Waals surface area contributed by atoms with Gasteiger partial charge in [0.25, 0.3) is 0 Å². The van der Waals surface area contributed by atoms with Crippen LogP contribution in [-0.4, -0.2) is 287 Å². The first-order valence-corrected chi connectivity index (χ1v) is 38.4. The summed E-state index contributed by atoms with van der Waals surface area (Å²) in [6, 6.07) is -14.7. The number of phenolic OH excluding ortho intramolecular Hbond substituents is 1. The zero-order valence-corrected chi connectivity index (χ0v) is 65.0. The van der Waals surface area contributed by atoms with E-state index in [2.05, 4.69) is 65.4 Å². The van der Waals surface area contributed by atoms with Gasteiger partial charge in [0.1, 0.15) is 78.3 Å². The van der Waals surface area contributed by atoms with E-state index in [0.717, 1.165) is 90.4 Å². The van der Waals surface area contributed by atoms with Crippen LogP contribution in [0.5, 0.6) is 5.75 Å². The molecule has 3 heterocycles. The molecule has 39 heteroatoms. The highest BCUT2D eigenvalue weighted by atomic mass is 16.5. The molecule has 1 aromatic carbocycles. The lowest BCUT2D eigenvalue weighted by Crippen LogP contribution is -2.64. The number of aromatic hydroxyl groups is 1. The van der Waals surface area contributed by atoms with E-state index in [1.165, 1.54) is 45.0 Å². The first-order valence-electron chi connectivity index (χ1n) is 38.4. The van der Waals surface area contributed by atoms with Crippen LogP contribution in [-0.2, 0) is 83.1 Å². The summed E-state index contributed by atoms with van der Waals surface area (Å²) < 4.78 is 5.98. The summed E-state index contributed by atoms with van der Waals surface area (Å²) in [6.07, 6.45) is -6.82. The molecule has 39 nitrogen and oxygen atoms in total. The van der Waals surface area contributed by atoms with Gasteiger partial charge in [-0.15, -0.1) is 0 Å². The third-order valence-electron chi connectivity index (χ3n) is 19.4. The number of carbonyl (C=O) groups is 15. The minimum atomic E-state index is -2.24. The zero-order chi connectivity index (χ0) is 83.8. The number of nitrogens with zero attached hydrogens (tertiary/aromatic N) is 2. The molecule has 0 radical (unpaired) electrons. The number of rotatable bonds is 27. The Kier molecular flexibility index (Phi) is 40.2. The number of nitrogens with one attached hydrogen (secondary N) is 11. The number of amides is 14. The first kappa shape index (κ1) is 95.1. The van der Waals surface area contributed by atoms with Crippen LogP contribution in [0.25, 0.3) is 0 Å². The van der Waals surface area contributed by atoms with Crippen molar-refractivity contribution in [2.45, 2.75) is 293 Å². The van der Waals surface area contributed by atoms with Crippen LogP contribution >= 0.6 is 0 Å². The van der Waals surface area contributed by atoms with Crippen LogP contribution in [0.15, 0.2) is 24.3 Å². The van der Waals surface area contributed by atoms with Crippen LogP contribution in [0, 0.1) is 5.92 Å². The van der Waals surface area contributed by atoms with Gasteiger partial charge >= 0.3 is 5.97 Å². The van der Waals surface area contributed by atoms with E-state index in [0.29, 0.717) is 23.3 Å². The first-order chi connectivity index (χ1) is 52.8. The molecule has 0 saturated carbocycles. The lowest BCUT2D eigenvalue weighted by Gasteiger charge is -2.34. The van der Waals surface area contributed by atoms with Gasteiger partial charge < -0.3 is 125 Å². The van der Waals surface area contributed by atoms with Gasteiger partial charge in [0.15, 0.2) is 0 Å². The van der Waals surface area contributed by atoms with Crippen LogP contribution in [0.4, 0.5) is 0 Å². The smallest absolute Gasteiger partial charge is 0.328 e. The number of unbranched alkanes of at least 4 members (excludes halogenated alkanes) is 10. The molecule has 3 aliphatic rings. The van der Waals surface area contributed by atoms with Gasteiger partial charge in [0.05, 0.1) is 68.7 Å². The summed E-state index contributed by atoms with van der Waals surface area (Å²) in [5.74, 6) is -18.1. The molecule has 14 amide bonds. The Labute approximate surface area is 650 Å². The maximum Gasteiger partial charge on any atom is 0.328 e. The van der Waals surface area contributed by atoms with Crippen molar-refractivity contribution in [1.29, 1.82) is 0 Å². The molecule has 0 aromatic heterocycles. The van der Waals surface area contributed by atoms with Crippen molar-refractivity contribution < 1.29 is 118 Å². The van der Waals surface area contributed by atoms with Crippen molar-refractivity contribution in [2.75, 3.05) is 32.7 Å². The van der Waals surface area contributed by atoms with Crippen molar-refractivity contribution in [3.63, 3.8) is 0 Å². The summed E-state index contributed by atoms with van der Waals surface area (Å²) in [6.45, 7) is 8.05. The molecule has 23 N–H and O–H groups in total. The molecule has 3 fully saturated rings. The summed E-state index contributed by atoms with van der Waals surface area (Å²) >= 11 is 0.